The Morgan fingerprint density at radius 1 is 1.42 bits per heavy atom. The van der Waals surface area contributed by atoms with Crippen molar-refractivity contribution >= 4 is 5.78 Å². The molecular formula is C10H19NO. The summed E-state index contributed by atoms with van der Waals surface area (Å²) >= 11 is 0. The van der Waals surface area contributed by atoms with Gasteiger partial charge in [0.1, 0.15) is 0 Å². The predicted octanol–water partition coefficient (Wildman–Crippen LogP) is 2.26. The maximum Gasteiger partial charge on any atom is 0.157 e. The molecule has 1 N–H and O–H groups in total. The van der Waals surface area contributed by atoms with Crippen LogP contribution in [0.4, 0.5) is 0 Å². The van der Waals surface area contributed by atoms with Gasteiger partial charge in [0.25, 0.3) is 0 Å². The minimum absolute atomic E-state index is 0.0363. The fourth-order valence-electron chi connectivity index (χ4n) is 0.971. The summed E-state index contributed by atoms with van der Waals surface area (Å²) in [7, 11) is 0. The molecule has 0 atom stereocenters. The highest BCUT2D eigenvalue weighted by Crippen LogP contribution is 2.03. The third kappa shape index (κ3) is 5.96. The molecule has 0 aromatic rings. The molecule has 0 bridgehead atoms. The van der Waals surface area contributed by atoms with Crippen molar-refractivity contribution in [2.75, 3.05) is 0 Å². The Kier molecular flexibility index (Phi) is 4.01. The number of carbonyl (C=O) groups excluding carboxylic acids is 1. The molecule has 0 heterocycles. The maximum atomic E-state index is 11.0. The molecule has 0 saturated carbocycles. The van der Waals surface area contributed by atoms with E-state index >= 15 is 0 Å². The second-order valence-corrected chi connectivity index (χ2v) is 4.02. The van der Waals surface area contributed by atoms with E-state index in [0.717, 1.165) is 5.70 Å². The number of hydrogen-bond donors (Lipinski definition) is 1. The number of allylic oxidation sites excluding steroid dienone is 2. The van der Waals surface area contributed by atoms with Crippen molar-refractivity contribution in [1.82, 2.24) is 5.32 Å². The van der Waals surface area contributed by atoms with Gasteiger partial charge >= 0.3 is 0 Å². The van der Waals surface area contributed by atoms with Gasteiger partial charge in [0.2, 0.25) is 0 Å². The highest BCUT2D eigenvalue weighted by Gasteiger charge is 2.08. The Hall–Kier alpha value is -0.790. The van der Waals surface area contributed by atoms with Crippen LogP contribution in [0.1, 0.15) is 41.0 Å². The monoisotopic (exact) mass is 169 g/mol. The van der Waals surface area contributed by atoms with Gasteiger partial charge in [0.15, 0.2) is 5.78 Å². The summed E-state index contributed by atoms with van der Waals surface area (Å²) < 4.78 is 0. The molecule has 0 amide bonds. The third-order valence-electron chi connectivity index (χ3n) is 1.30. The molecule has 2 heteroatoms. The van der Waals surface area contributed by atoms with E-state index in [1.807, 2.05) is 13.8 Å². The Morgan fingerprint density at radius 2 is 1.92 bits per heavy atom. The van der Waals surface area contributed by atoms with Crippen molar-refractivity contribution in [1.29, 1.82) is 0 Å². The van der Waals surface area contributed by atoms with E-state index in [0.29, 0.717) is 6.42 Å². The lowest BCUT2D eigenvalue weighted by molar-refractivity contribution is -0.114. The molecule has 0 fully saturated rings. The summed E-state index contributed by atoms with van der Waals surface area (Å²) in [6.07, 6.45) is 2.23. The van der Waals surface area contributed by atoms with Crippen molar-refractivity contribution in [2.24, 2.45) is 0 Å². The lowest BCUT2D eigenvalue weighted by Crippen LogP contribution is -2.34. The highest BCUT2D eigenvalue weighted by atomic mass is 16.1. The second-order valence-electron chi connectivity index (χ2n) is 4.02. The lowest BCUT2D eigenvalue weighted by Gasteiger charge is -2.22. The van der Waals surface area contributed by atoms with Crippen LogP contribution in [-0.2, 0) is 4.79 Å². The fourth-order valence-corrected chi connectivity index (χ4v) is 0.971. The standard InChI is InChI=1S/C10H19NO/c1-6-9(12)7-8(2)11-10(3,4)5/h7,11H,6H2,1-5H3/b8-7-. The molecule has 0 aliphatic heterocycles. The van der Waals surface area contributed by atoms with Gasteiger partial charge in [0, 0.05) is 17.7 Å². The average Bonchev–Trinajstić information content (AvgIpc) is 1.82. The molecule has 12 heavy (non-hydrogen) atoms. The van der Waals surface area contributed by atoms with Crippen molar-refractivity contribution < 1.29 is 4.79 Å². The van der Waals surface area contributed by atoms with E-state index in [2.05, 4.69) is 26.1 Å². The van der Waals surface area contributed by atoms with E-state index in [4.69, 9.17) is 0 Å². The molecule has 0 rings (SSSR count). The first-order valence-electron chi connectivity index (χ1n) is 4.34. The molecule has 0 saturated heterocycles. The molecule has 70 valence electrons. The lowest BCUT2D eigenvalue weighted by atomic mass is 10.1. The van der Waals surface area contributed by atoms with Crippen LogP contribution in [-0.4, -0.2) is 11.3 Å². The van der Waals surface area contributed by atoms with Crippen LogP contribution in [0.15, 0.2) is 11.8 Å². The van der Waals surface area contributed by atoms with Gasteiger partial charge in [-0.2, -0.15) is 0 Å². The quantitative estimate of drug-likeness (QED) is 0.656. The van der Waals surface area contributed by atoms with Gasteiger partial charge in [-0.15, -0.1) is 0 Å². The van der Waals surface area contributed by atoms with Gasteiger partial charge in [-0.3, -0.25) is 4.79 Å². The van der Waals surface area contributed by atoms with Crippen molar-refractivity contribution in [3.63, 3.8) is 0 Å². The molecule has 0 radical (unpaired) electrons. The Morgan fingerprint density at radius 3 is 2.25 bits per heavy atom. The molecule has 0 aliphatic rings. The van der Waals surface area contributed by atoms with Gasteiger partial charge in [-0.25, -0.2) is 0 Å². The molecular weight excluding hydrogens is 150 g/mol. The number of rotatable bonds is 3. The minimum atomic E-state index is 0.0363. The van der Waals surface area contributed by atoms with Crippen LogP contribution >= 0.6 is 0 Å². The largest absolute Gasteiger partial charge is 0.384 e. The van der Waals surface area contributed by atoms with Crippen molar-refractivity contribution in [3.05, 3.63) is 11.8 Å². The number of ketones is 1. The van der Waals surface area contributed by atoms with E-state index in [1.165, 1.54) is 0 Å². The molecule has 0 spiro atoms. The molecule has 0 aromatic heterocycles. The number of nitrogens with one attached hydrogen (secondary N) is 1. The third-order valence-corrected chi connectivity index (χ3v) is 1.30. The molecule has 2 nitrogen and oxygen atoms in total. The molecule has 0 aliphatic carbocycles. The van der Waals surface area contributed by atoms with Gasteiger partial charge in [-0.05, 0) is 33.8 Å². The van der Waals surface area contributed by atoms with E-state index in [9.17, 15) is 4.79 Å². The summed E-state index contributed by atoms with van der Waals surface area (Å²) in [6.45, 7) is 9.99. The maximum absolute atomic E-state index is 11.0. The molecule has 0 unspecified atom stereocenters. The predicted molar refractivity (Wildman–Crippen MR) is 51.9 cm³/mol. The topological polar surface area (TPSA) is 29.1 Å². The minimum Gasteiger partial charge on any atom is -0.384 e. The van der Waals surface area contributed by atoms with Gasteiger partial charge in [-0.1, -0.05) is 6.92 Å². The average molecular weight is 169 g/mol. The van der Waals surface area contributed by atoms with E-state index in [-0.39, 0.29) is 11.3 Å². The van der Waals surface area contributed by atoms with Crippen LogP contribution in [0.3, 0.4) is 0 Å². The smallest absolute Gasteiger partial charge is 0.157 e. The zero-order valence-corrected chi connectivity index (χ0v) is 8.69. The zero-order chi connectivity index (χ0) is 9.78. The van der Waals surface area contributed by atoms with Crippen LogP contribution in [0.5, 0.6) is 0 Å². The normalized spacial score (nSPS) is 12.9. The Bertz CT molecular complexity index is 187. The van der Waals surface area contributed by atoms with E-state index in [1.54, 1.807) is 6.08 Å². The Balaban J connectivity index is 4.12. The highest BCUT2D eigenvalue weighted by molar-refractivity contribution is 5.89. The first-order valence-corrected chi connectivity index (χ1v) is 4.34. The van der Waals surface area contributed by atoms with Crippen molar-refractivity contribution in [3.8, 4) is 0 Å². The summed E-state index contributed by atoms with van der Waals surface area (Å²) in [4.78, 5) is 11.0. The van der Waals surface area contributed by atoms with Crippen LogP contribution in [0, 0.1) is 0 Å². The summed E-state index contributed by atoms with van der Waals surface area (Å²) in [5, 5.41) is 3.22. The number of hydrogen-bond acceptors (Lipinski definition) is 2. The van der Waals surface area contributed by atoms with Gasteiger partial charge in [0.05, 0.1) is 0 Å². The Labute approximate surface area is 75.0 Å². The fraction of sp³-hybridized carbons (Fsp3) is 0.700. The van der Waals surface area contributed by atoms with Crippen LogP contribution < -0.4 is 5.32 Å². The van der Waals surface area contributed by atoms with E-state index < -0.39 is 0 Å². The summed E-state index contributed by atoms with van der Waals surface area (Å²) in [5.74, 6) is 0.171. The summed E-state index contributed by atoms with van der Waals surface area (Å²) in [6, 6.07) is 0. The summed E-state index contributed by atoms with van der Waals surface area (Å²) in [5.41, 5.74) is 0.976. The van der Waals surface area contributed by atoms with Crippen molar-refractivity contribution in [2.45, 2.75) is 46.6 Å². The first-order chi connectivity index (χ1) is 5.35. The second kappa shape index (κ2) is 4.29. The number of carbonyl (C=O) groups is 1. The van der Waals surface area contributed by atoms with Crippen LogP contribution in [0.25, 0.3) is 0 Å². The molecule has 0 aromatic carbocycles. The van der Waals surface area contributed by atoms with Crippen LogP contribution in [0.2, 0.25) is 0 Å². The first kappa shape index (κ1) is 11.2. The SMILES string of the molecule is CCC(=O)/C=C(/C)NC(C)(C)C. The van der Waals surface area contributed by atoms with Gasteiger partial charge < -0.3 is 5.32 Å². The zero-order valence-electron chi connectivity index (χ0n) is 8.69.